The number of benzene rings is 2. The van der Waals surface area contributed by atoms with Crippen LogP contribution >= 0.6 is 0 Å². The lowest BCUT2D eigenvalue weighted by atomic mass is 10.2. The summed E-state index contributed by atoms with van der Waals surface area (Å²) >= 11 is 0. The van der Waals surface area contributed by atoms with Crippen molar-refractivity contribution in [2.45, 2.75) is 0 Å². The van der Waals surface area contributed by atoms with Gasteiger partial charge in [-0.05, 0) is 24.3 Å². The SMILES string of the molecule is C#Cc1cccc(Nc2ncnc3cc(OCCOC)c(OCCOC)cc23)c1.O=[N+]([O-])O. The number of methoxy groups -OCH3 is 2. The minimum atomic E-state index is -1.50. The first-order valence-electron chi connectivity index (χ1n) is 9.67. The van der Waals surface area contributed by atoms with E-state index in [1.54, 1.807) is 14.2 Å². The molecule has 0 radical (unpaired) electrons. The zero-order valence-electron chi connectivity index (χ0n) is 18.2. The van der Waals surface area contributed by atoms with Crippen LogP contribution in [0.25, 0.3) is 10.9 Å². The van der Waals surface area contributed by atoms with Crippen LogP contribution in [0.4, 0.5) is 11.5 Å². The third kappa shape index (κ3) is 8.13. The number of hydrogen-bond acceptors (Lipinski definition) is 9. The molecule has 0 spiro atoms. The van der Waals surface area contributed by atoms with Crippen molar-refractivity contribution in [2.24, 2.45) is 0 Å². The summed E-state index contributed by atoms with van der Waals surface area (Å²) in [6.07, 6.45) is 6.99. The topological polar surface area (TPSA) is 138 Å². The van der Waals surface area contributed by atoms with Crippen molar-refractivity contribution in [2.75, 3.05) is 46.0 Å². The summed E-state index contributed by atoms with van der Waals surface area (Å²) < 4.78 is 21.8. The molecule has 2 N–H and O–H groups in total. The van der Waals surface area contributed by atoms with Gasteiger partial charge in [0.1, 0.15) is 25.4 Å². The Bertz CT molecular complexity index is 1100. The average Bonchev–Trinajstić information content (AvgIpc) is 2.79. The molecule has 0 unspecified atom stereocenters. The number of ether oxygens (including phenoxy) is 4. The maximum absolute atomic E-state index is 8.36. The van der Waals surface area contributed by atoms with Crippen LogP contribution < -0.4 is 14.8 Å². The van der Waals surface area contributed by atoms with E-state index in [4.69, 9.17) is 40.7 Å². The minimum absolute atomic E-state index is 0.392. The molecule has 11 nitrogen and oxygen atoms in total. The molecule has 33 heavy (non-hydrogen) atoms. The van der Waals surface area contributed by atoms with E-state index in [1.165, 1.54) is 6.33 Å². The summed E-state index contributed by atoms with van der Waals surface area (Å²) in [5.41, 5.74) is 2.34. The molecular weight excluding hydrogens is 432 g/mol. The zero-order valence-corrected chi connectivity index (χ0v) is 18.2. The molecule has 0 atom stereocenters. The Kier molecular flexibility index (Phi) is 10.1. The molecule has 3 aromatic rings. The van der Waals surface area contributed by atoms with E-state index in [2.05, 4.69) is 21.2 Å². The number of nitrogens with one attached hydrogen (secondary N) is 1. The fraction of sp³-hybridized carbons (Fsp3) is 0.273. The van der Waals surface area contributed by atoms with Crippen LogP contribution in [0.2, 0.25) is 0 Å². The van der Waals surface area contributed by atoms with E-state index < -0.39 is 5.09 Å². The van der Waals surface area contributed by atoms with Crippen molar-refractivity contribution >= 4 is 22.4 Å². The number of anilines is 2. The lowest BCUT2D eigenvalue weighted by molar-refractivity contribution is -0.742. The molecule has 0 aliphatic rings. The Morgan fingerprint density at radius 1 is 1.06 bits per heavy atom. The largest absolute Gasteiger partial charge is 0.487 e. The van der Waals surface area contributed by atoms with E-state index in [-0.39, 0.29) is 0 Å². The second-order valence-electron chi connectivity index (χ2n) is 6.31. The number of nitrogens with zero attached hydrogens (tertiary/aromatic N) is 3. The van der Waals surface area contributed by atoms with Gasteiger partial charge in [-0.25, -0.2) is 9.97 Å². The first kappa shape index (κ1) is 25.1. The van der Waals surface area contributed by atoms with Crippen LogP contribution in [0.3, 0.4) is 0 Å². The molecule has 0 amide bonds. The Morgan fingerprint density at radius 3 is 2.30 bits per heavy atom. The Labute approximate surface area is 190 Å². The highest BCUT2D eigenvalue weighted by atomic mass is 16.9. The van der Waals surface area contributed by atoms with Gasteiger partial charge in [0.2, 0.25) is 0 Å². The van der Waals surface area contributed by atoms with Crippen molar-refractivity contribution in [1.29, 1.82) is 0 Å². The highest BCUT2D eigenvalue weighted by Gasteiger charge is 2.13. The molecule has 1 heterocycles. The minimum Gasteiger partial charge on any atom is -0.487 e. The molecule has 0 aliphatic carbocycles. The highest BCUT2D eigenvalue weighted by Crippen LogP contribution is 2.35. The molecule has 174 valence electrons. The van der Waals surface area contributed by atoms with Crippen LogP contribution in [0.15, 0.2) is 42.7 Å². The summed E-state index contributed by atoms with van der Waals surface area (Å²) in [6, 6.07) is 11.3. The number of terminal acetylenes is 1. The Hall–Kier alpha value is -4.14. The van der Waals surface area contributed by atoms with Crippen molar-refractivity contribution in [3.63, 3.8) is 0 Å². The molecule has 0 saturated carbocycles. The summed E-state index contributed by atoms with van der Waals surface area (Å²) in [5, 5.41) is 17.7. The van der Waals surface area contributed by atoms with Crippen LogP contribution in [-0.4, -0.2) is 60.9 Å². The van der Waals surface area contributed by atoms with Gasteiger partial charge in [0.05, 0.1) is 18.7 Å². The fourth-order valence-electron chi connectivity index (χ4n) is 2.68. The number of fused-ring (bicyclic) bond motifs is 1. The van der Waals surface area contributed by atoms with Crippen LogP contribution in [0, 0.1) is 22.5 Å². The smallest absolute Gasteiger partial charge is 0.291 e. The summed E-state index contributed by atoms with van der Waals surface area (Å²) in [5.74, 6) is 4.44. The molecule has 1 aromatic heterocycles. The summed E-state index contributed by atoms with van der Waals surface area (Å²) in [4.78, 5) is 17.1. The van der Waals surface area contributed by atoms with E-state index in [9.17, 15) is 0 Å². The van der Waals surface area contributed by atoms with Crippen LogP contribution in [0.5, 0.6) is 11.5 Å². The fourth-order valence-corrected chi connectivity index (χ4v) is 2.68. The molecule has 3 rings (SSSR count). The first-order chi connectivity index (χ1) is 16.0. The Balaban J connectivity index is 0.000000890. The average molecular weight is 456 g/mol. The quantitative estimate of drug-likeness (QED) is 0.203. The lowest BCUT2D eigenvalue weighted by Gasteiger charge is -2.15. The van der Waals surface area contributed by atoms with E-state index >= 15 is 0 Å². The zero-order chi connectivity index (χ0) is 24.1. The molecule has 0 aliphatic heterocycles. The summed E-state index contributed by atoms with van der Waals surface area (Å²) in [6.45, 7) is 1.73. The Morgan fingerprint density at radius 2 is 1.70 bits per heavy atom. The maximum Gasteiger partial charge on any atom is 0.291 e. The predicted molar refractivity (Wildman–Crippen MR) is 121 cm³/mol. The van der Waals surface area contributed by atoms with Gasteiger partial charge in [-0.3, -0.25) is 0 Å². The maximum atomic E-state index is 8.36. The lowest BCUT2D eigenvalue weighted by Crippen LogP contribution is -2.09. The highest BCUT2D eigenvalue weighted by molar-refractivity contribution is 5.93. The second kappa shape index (κ2) is 13.3. The van der Waals surface area contributed by atoms with Crippen LogP contribution in [-0.2, 0) is 9.47 Å². The summed E-state index contributed by atoms with van der Waals surface area (Å²) in [7, 11) is 3.25. The molecule has 0 saturated heterocycles. The molecule has 2 aromatic carbocycles. The normalized spacial score (nSPS) is 9.97. The predicted octanol–water partition coefficient (Wildman–Crippen LogP) is 3.06. The monoisotopic (exact) mass is 456 g/mol. The van der Waals surface area contributed by atoms with Crippen molar-refractivity contribution < 1.29 is 29.2 Å². The van der Waals surface area contributed by atoms with Gasteiger partial charge in [-0.15, -0.1) is 16.5 Å². The van der Waals surface area contributed by atoms with Crippen molar-refractivity contribution in [3.05, 3.63) is 58.4 Å². The van der Waals surface area contributed by atoms with Gasteiger partial charge in [0.15, 0.2) is 11.5 Å². The van der Waals surface area contributed by atoms with E-state index in [0.29, 0.717) is 43.7 Å². The van der Waals surface area contributed by atoms with Crippen molar-refractivity contribution in [3.8, 4) is 23.8 Å². The van der Waals surface area contributed by atoms with E-state index in [0.717, 1.165) is 22.2 Å². The third-order valence-electron chi connectivity index (χ3n) is 4.08. The molecule has 0 fully saturated rings. The van der Waals surface area contributed by atoms with E-state index in [1.807, 2.05) is 36.4 Å². The second-order valence-corrected chi connectivity index (χ2v) is 6.31. The number of rotatable bonds is 10. The third-order valence-corrected chi connectivity index (χ3v) is 4.08. The number of aromatic nitrogens is 2. The first-order valence-corrected chi connectivity index (χ1v) is 9.67. The van der Waals surface area contributed by atoms with Gasteiger partial charge in [-0.1, -0.05) is 12.0 Å². The molecule has 11 heteroatoms. The van der Waals surface area contributed by atoms with Gasteiger partial charge >= 0.3 is 0 Å². The molecular formula is C22H24N4O7. The molecule has 0 bridgehead atoms. The number of hydrogen-bond donors (Lipinski definition) is 2. The van der Waals surface area contributed by atoms with Gasteiger partial charge in [0, 0.05) is 36.9 Å². The van der Waals surface area contributed by atoms with Gasteiger partial charge in [-0.2, -0.15) is 0 Å². The van der Waals surface area contributed by atoms with Crippen molar-refractivity contribution in [1.82, 2.24) is 9.97 Å². The van der Waals surface area contributed by atoms with Gasteiger partial charge in [0.25, 0.3) is 5.09 Å². The van der Waals surface area contributed by atoms with Gasteiger partial charge < -0.3 is 29.5 Å². The standard InChI is InChI=1S/C22H23N3O4.HNO3/c1-4-16-6-5-7-17(12-16)25-22-18-13-20(28-10-8-26-2)21(29-11-9-27-3)14-19(18)23-15-24-22;2-1(3)4/h1,5-7,12-15H,8-11H2,2-3H3,(H,23,24,25);(H,2,3,4). The van der Waals surface area contributed by atoms with Crippen LogP contribution in [0.1, 0.15) is 5.56 Å².